The van der Waals surface area contributed by atoms with Gasteiger partial charge in [0.05, 0.1) is 5.02 Å². The Morgan fingerprint density at radius 2 is 1.81 bits per heavy atom. The molecule has 0 radical (unpaired) electrons. The standard InChI is InChI=1S/C20H23ClFNO4/c1-19(2)10-13(24)11-20(3,4)23(19)17(25)12-27-18(26)9-8-14-15(21)6-5-7-16(14)22/h5-9H,10-12H2,1-4H3/b9-8+. The maximum atomic E-state index is 13.7. The van der Waals surface area contributed by atoms with E-state index in [0.717, 1.165) is 6.08 Å². The van der Waals surface area contributed by atoms with Crippen molar-refractivity contribution in [2.24, 2.45) is 0 Å². The van der Waals surface area contributed by atoms with E-state index in [1.165, 1.54) is 24.3 Å². The minimum absolute atomic E-state index is 0.0688. The summed E-state index contributed by atoms with van der Waals surface area (Å²) >= 11 is 5.88. The first-order valence-corrected chi connectivity index (χ1v) is 8.95. The summed E-state index contributed by atoms with van der Waals surface area (Å²) in [6, 6.07) is 4.18. The molecule has 146 valence electrons. The number of ketones is 1. The van der Waals surface area contributed by atoms with E-state index in [-0.39, 0.29) is 35.1 Å². The fraction of sp³-hybridized carbons (Fsp3) is 0.450. The number of esters is 1. The van der Waals surface area contributed by atoms with Crippen LogP contribution in [-0.4, -0.2) is 40.2 Å². The SMILES string of the molecule is CC1(C)CC(=O)CC(C)(C)N1C(=O)COC(=O)/C=C/c1c(F)cccc1Cl. The van der Waals surface area contributed by atoms with E-state index in [1.54, 1.807) is 4.90 Å². The van der Waals surface area contributed by atoms with Gasteiger partial charge in [0.2, 0.25) is 0 Å². The Bertz CT molecular complexity index is 761. The molecule has 1 aromatic carbocycles. The zero-order chi connectivity index (χ0) is 20.4. The third-order valence-electron chi connectivity index (χ3n) is 4.44. The number of carbonyl (C=O) groups excluding carboxylic acids is 3. The number of halogens is 2. The lowest BCUT2D eigenvalue weighted by molar-refractivity contribution is -0.161. The maximum absolute atomic E-state index is 13.7. The van der Waals surface area contributed by atoms with Crippen molar-refractivity contribution in [2.75, 3.05) is 6.61 Å². The maximum Gasteiger partial charge on any atom is 0.331 e. The van der Waals surface area contributed by atoms with E-state index >= 15 is 0 Å². The van der Waals surface area contributed by atoms with Crippen LogP contribution in [0.5, 0.6) is 0 Å². The van der Waals surface area contributed by atoms with E-state index in [9.17, 15) is 18.8 Å². The van der Waals surface area contributed by atoms with Crippen LogP contribution in [0.15, 0.2) is 24.3 Å². The number of nitrogens with zero attached hydrogens (tertiary/aromatic N) is 1. The molecule has 1 aliphatic heterocycles. The lowest BCUT2D eigenvalue weighted by atomic mass is 9.79. The van der Waals surface area contributed by atoms with Crippen LogP contribution in [0.25, 0.3) is 6.08 Å². The van der Waals surface area contributed by atoms with Crippen LogP contribution < -0.4 is 0 Å². The second kappa shape index (κ2) is 7.80. The van der Waals surface area contributed by atoms with Crippen molar-refractivity contribution in [1.82, 2.24) is 4.90 Å². The summed E-state index contributed by atoms with van der Waals surface area (Å²) in [4.78, 5) is 38.1. The van der Waals surface area contributed by atoms with E-state index in [2.05, 4.69) is 0 Å². The molecule has 7 heteroatoms. The highest BCUT2D eigenvalue weighted by Gasteiger charge is 2.47. The van der Waals surface area contributed by atoms with Crippen molar-refractivity contribution in [2.45, 2.75) is 51.6 Å². The molecule has 2 rings (SSSR count). The number of carbonyl (C=O) groups is 3. The predicted octanol–water partition coefficient (Wildman–Crippen LogP) is 3.78. The summed E-state index contributed by atoms with van der Waals surface area (Å²) in [7, 11) is 0. The molecule has 0 unspecified atom stereocenters. The fourth-order valence-corrected chi connectivity index (χ4v) is 3.97. The largest absolute Gasteiger partial charge is 0.452 e. The van der Waals surface area contributed by atoms with Crippen LogP contribution in [0, 0.1) is 5.82 Å². The Balaban J connectivity index is 2.03. The molecule has 1 saturated heterocycles. The summed E-state index contributed by atoms with van der Waals surface area (Å²) in [6.07, 6.45) is 2.73. The Labute approximate surface area is 163 Å². The van der Waals surface area contributed by atoms with Crippen LogP contribution in [0.1, 0.15) is 46.1 Å². The second-order valence-corrected chi connectivity index (χ2v) is 8.23. The van der Waals surface area contributed by atoms with Crippen molar-refractivity contribution in [3.63, 3.8) is 0 Å². The average molecular weight is 396 g/mol. The quantitative estimate of drug-likeness (QED) is 0.574. The van der Waals surface area contributed by atoms with Gasteiger partial charge in [0.25, 0.3) is 5.91 Å². The number of piperidine rings is 1. The third-order valence-corrected chi connectivity index (χ3v) is 4.77. The van der Waals surface area contributed by atoms with E-state index in [0.29, 0.717) is 0 Å². The summed E-state index contributed by atoms with van der Waals surface area (Å²) in [5, 5.41) is 0.164. The molecule has 1 aliphatic rings. The van der Waals surface area contributed by atoms with Gasteiger partial charge in [-0.1, -0.05) is 17.7 Å². The Hall–Kier alpha value is -2.21. The number of Topliss-reactive ketones (excluding diaryl/α,β-unsaturated/α-hetero) is 1. The number of ether oxygens (including phenoxy) is 1. The summed E-state index contributed by atoms with van der Waals surface area (Å²) < 4.78 is 18.7. The number of hydrogen-bond acceptors (Lipinski definition) is 4. The van der Waals surface area contributed by atoms with Crippen LogP contribution >= 0.6 is 11.6 Å². The van der Waals surface area contributed by atoms with Gasteiger partial charge in [0, 0.05) is 35.6 Å². The molecule has 5 nitrogen and oxygen atoms in total. The first-order chi connectivity index (χ1) is 12.4. The summed E-state index contributed by atoms with van der Waals surface area (Å²) in [5.41, 5.74) is -1.27. The highest BCUT2D eigenvalue weighted by molar-refractivity contribution is 6.32. The zero-order valence-electron chi connectivity index (χ0n) is 15.8. The van der Waals surface area contributed by atoms with Gasteiger partial charge in [-0.2, -0.15) is 0 Å². The molecule has 1 heterocycles. The average Bonchev–Trinajstić information content (AvgIpc) is 2.49. The highest BCUT2D eigenvalue weighted by atomic mass is 35.5. The van der Waals surface area contributed by atoms with Gasteiger partial charge in [-0.05, 0) is 45.9 Å². The monoisotopic (exact) mass is 395 g/mol. The molecule has 0 saturated carbocycles. The number of benzene rings is 1. The topological polar surface area (TPSA) is 63.7 Å². The van der Waals surface area contributed by atoms with Gasteiger partial charge < -0.3 is 9.64 Å². The second-order valence-electron chi connectivity index (χ2n) is 7.82. The predicted molar refractivity (Wildman–Crippen MR) is 101 cm³/mol. The zero-order valence-corrected chi connectivity index (χ0v) is 16.6. The molecular formula is C20H23ClFNO4. The van der Waals surface area contributed by atoms with Crippen LogP contribution in [0.3, 0.4) is 0 Å². The smallest absolute Gasteiger partial charge is 0.331 e. The number of rotatable bonds is 4. The fourth-order valence-electron chi connectivity index (χ4n) is 3.75. The first kappa shape index (κ1) is 21.1. The van der Waals surface area contributed by atoms with Crippen LogP contribution in [0.2, 0.25) is 5.02 Å². The van der Waals surface area contributed by atoms with Crippen molar-refractivity contribution in [1.29, 1.82) is 0 Å². The van der Waals surface area contributed by atoms with Gasteiger partial charge in [-0.3, -0.25) is 9.59 Å². The lowest BCUT2D eigenvalue weighted by Gasteiger charge is -2.51. The Morgan fingerprint density at radius 3 is 2.37 bits per heavy atom. The van der Waals surface area contributed by atoms with Crippen LogP contribution in [-0.2, 0) is 19.1 Å². The Kier molecular flexibility index (Phi) is 6.10. The number of likely N-dealkylation sites (tertiary alicyclic amines) is 1. The minimum Gasteiger partial charge on any atom is -0.452 e. The molecule has 0 aromatic heterocycles. The third kappa shape index (κ3) is 4.95. The molecule has 0 N–H and O–H groups in total. The van der Waals surface area contributed by atoms with Crippen molar-refractivity contribution >= 4 is 35.3 Å². The molecule has 0 atom stereocenters. The van der Waals surface area contributed by atoms with Gasteiger partial charge in [-0.25, -0.2) is 9.18 Å². The van der Waals surface area contributed by atoms with Crippen molar-refractivity contribution in [3.05, 3.63) is 40.7 Å². The molecule has 1 fully saturated rings. The van der Waals surface area contributed by atoms with Crippen molar-refractivity contribution in [3.8, 4) is 0 Å². The number of hydrogen-bond donors (Lipinski definition) is 0. The Morgan fingerprint density at radius 1 is 1.22 bits per heavy atom. The van der Waals surface area contributed by atoms with Gasteiger partial charge in [0.15, 0.2) is 6.61 Å². The molecule has 27 heavy (non-hydrogen) atoms. The van der Waals surface area contributed by atoms with Gasteiger partial charge in [0.1, 0.15) is 11.6 Å². The summed E-state index contributed by atoms with van der Waals surface area (Å²) in [6.45, 7) is 6.78. The minimum atomic E-state index is -0.786. The van der Waals surface area contributed by atoms with Gasteiger partial charge in [-0.15, -0.1) is 0 Å². The molecular weight excluding hydrogens is 373 g/mol. The molecule has 1 aromatic rings. The van der Waals surface area contributed by atoms with E-state index < -0.39 is 29.5 Å². The normalized spacial score (nSPS) is 18.6. The van der Waals surface area contributed by atoms with Crippen LogP contribution in [0.4, 0.5) is 4.39 Å². The van der Waals surface area contributed by atoms with E-state index in [4.69, 9.17) is 16.3 Å². The summed E-state index contributed by atoms with van der Waals surface area (Å²) in [5.74, 6) is -1.64. The molecule has 1 amide bonds. The highest BCUT2D eigenvalue weighted by Crippen LogP contribution is 2.36. The van der Waals surface area contributed by atoms with Crippen molar-refractivity contribution < 1.29 is 23.5 Å². The molecule has 0 aliphatic carbocycles. The lowest BCUT2D eigenvalue weighted by Crippen LogP contribution is -2.63. The molecule has 0 bridgehead atoms. The first-order valence-electron chi connectivity index (χ1n) is 8.58. The molecule has 0 spiro atoms. The van der Waals surface area contributed by atoms with Gasteiger partial charge >= 0.3 is 5.97 Å². The number of amides is 1. The van der Waals surface area contributed by atoms with E-state index in [1.807, 2.05) is 27.7 Å².